The van der Waals surface area contributed by atoms with E-state index >= 15 is 0 Å². The number of hydrogen-bond donors (Lipinski definition) is 0. The van der Waals surface area contributed by atoms with Crippen molar-refractivity contribution in [3.63, 3.8) is 0 Å². The topological polar surface area (TPSA) is 85.5 Å². The minimum Gasteiger partial charge on any atom is -0.379 e. The molecule has 1 saturated heterocycles. The molecule has 1 aliphatic rings. The van der Waals surface area contributed by atoms with Gasteiger partial charge in [-0.3, -0.25) is 14.7 Å². The van der Waals surface area contributed by atoms with Crippen molar-refractivity contribution in [3.05, 3.63) is 65.2 Å². The lowest BCUT2D eigenvalue weighted by molar-refractivity contribution is 0.0341. The molecule has 1 fully saturated rings. The summed E-state index contributed by atoms with van der Waals surface area (Å²) in [5.41, 5.74) is 4.29. The predicted molar refractivity (Wildman–Crippen MR) is 111 cm³/mol. The number of ether oxygens (including phenoxy) is 1. The number of ketones is 1. The van der Waals surface area contributed by atoms with E-state index in [1.165, 1.54) is 12.5 Å². The Morgan fingerprint density at radius 1 is 1.07 bits per heavy atom. The highest BCUT2D eigenvalue weighted by atomic mass is 16.5. The first-order valence-electron chi connectivity index (χ1n) is 10.1. The number of fused-ring (bicyclic) bond motifs is 2. The van der Waals surface area contributed by atoms with E-state index in [-0.39, 0.29) is 5.78 Å². The molecule has 4 heterocycles. The highest BCUT2D eigenvalue weighted by Gasteiger charge is 2.13. The van der Waals surface area contributed by atoms with Gasteiger partial charge in [0.15, 0.2) is 17.3 Å². The summed E-state index contributed by atoms with van der Waals surface area (Å²) >= 11 is 0. The Morgan fingerprint density at radius 2 is 1.90 bits per heavy atom. The van der Waals surface area contributed by atoms with Crippen LogP contribution in [-0.2, 0) is 17.7 Å². The molecular weight excluding hydrogens is 380 g/mol. The van der Waals surface area contributed by atoms with Gasteiger partial charge in [0.05, 0.1) is 18.7 Å². The Kier molecular flexibility index (Phi) is 4.94. The highest BCUT2D eigenvalue weighted by molar-refractivity contribution is 5.92. The summed E-state index contributed by atoms with van der Waals surface area (Å²) < 4.78 is 7.08. The first-order chi connectivity index (χ1) is 14.7. The maximum Gasteiger partial charge on any atom is 0.179 e. The van der Waals surface area contributed by atoms with Crippen molar-refractivity contribution < 1.29 is 9.53 Å². The molecule has 3 aromatic heterocycles. The van der Waals surface area contributed by atoms with Crippen LogP contribution in [0.5, 0.6) is 0 Å². The van der Waals surface area contributed by atoms with E-state index in [1.807, 2.05) is 18.3 Å². The quantitative estimate of drug-likeness (QED) is 0.474. The van der Waals surface area contributed by atoms with Gasteiger partial charge < -0.3 is 4.74 Å². The van der Waals surface area contributed by atoms with Crippen LogP contribution in [0, 0.1) is 0 Å². The number of rotatable bonds is 5. The molecule has 0 bridgehead atoms. The molecule has 0 radical (unpaired) electrons. The van der Waals surface area contributed by atoms with E-state index in [1.54, 1.807) is 16.6 Å². The standard InChI is InChI=1S/C22H22N6O2/c1-15(29)19-4-5-21-24-25-22(28(21)26-19)12-16-2-3-20-18(10-16)11-17(13-23-20)14-27-6-8-30-9-7-27/h2-5,10-11,13H,6-9,12,14H2,1H3. The summed E-state index contributed by atoms with van der Waals surface area (Å²) in [6, 6.07) is 11.9. The van der Waals surface area contributed by atoms with Gasteiger partial charge in [-0.2, -0.15) is 9.61 Å². The van der Waals surface area contributed by atoms with Crippen molar-refractivity contribution in [3.8, 4) is 0 Å². The van der Waals surface area contributed by atoms with Gasteiger partial charge in [-0.05, 0) is 41.5 Å². The summed E-state index contributed by atoms with van der Waals surface area (Å²) in [4.78, 5) is 18.7. The molecule has 30 heavy (non-hydrogen) atoms. The van der Waals surface area contributed by atoms with E-state index < -0.39 is 0 Å². The predicted octanol–water partition coefficient (Wildman–Crippen LogP) is 2.30. The molecule has 0 atom stereocenters. The largest absolute Gasteiger partial charge is 0.379 e. The van der Waals surface area contributed by atoms with Crippen LogP contribution in [0.3, 0.4) is 0 Å². The fourth-order valence-corrected chi connectivity index (χ4v) is 3.75. The van der Waals surface area contributed by atoms with Gasteiger partial charge in [-0.25, -0.2) is 0 Å². The van der Waals surface area contributed by atoms with Gasteiger partial charge in [0.1, 0.15) is 5.69 Å². The number of carbonyl (C=O) groups excluding carboxylic acids is 1. The maximum absolute atomic E-state index is 11.7. The zero-order chi connectivity index (χ0) is 20.5. The Balaban J connectivity index is 1.42. The first kappa shape index (κ1) is 18.8. The summed E-state index contributed by atoms with van der Waals surface area (Å²) in [5.74, 6) is 0.617. The fourth-order valence-electron chi connectivity index (χ4n) is 3.75. The van der Waals surface area contributed by atoms with Crippen LogP contribution >= 0.6 is 0 Å². The van der Waals surface area contributed by atoms with Crippen LogP contribution in [0.25, 0.3) is 16.6 Å². The molecule has 8 nitrogen and oxygen atoms in total. The zero-order valence-corrected chi connectivity index (χ0v) is 16.8. The minimum atomic E-state index is -0.0823. The third kappa shape index (κ3) is 3.79. The van der Waals surface area contributed by atoms with E-state index in [9.17, 15) is 4.79 Å². The number of aromatic nitrogens is 5. The van der Waals surface area contributed by atoms with Crippen molar-refractivity contribution >= 4 is 22.3 Å². The molecule has 0 N–H and O–H groups in total. The maximum atomic E-state index is 11.7. The molecule has 0 saturated carbocycles. The van der Waals surface area contributed by atoms with E-state index in [2.05, 4.69) is 37.3 Å². The Bertz CT molecular complexity index is 1230. The summed E-state index contributed by atoms with van der Waals surface area (Å²) in [6.07, 6.45) is 2.52. The first-order valence-corrected chi connectivity index (χ1v) is 10.1. The molecule has 152 valence electrons. The number of hydrogen-bond acceptors (Lipinski definition) is 7. The average molecular weight is 402 g/mol. The molecule has 0 aliphatic carbocycles. The molecule has 1 aliphatic heterocycles. The van der Waals surface area contributed by atoms with Crippen molar-refractivity contribution in [1.29, 1.82) is 0 Å². The molecular formula is C22H22N6O2. The van der Waals surface area contributed by atoms with Crippen molar-refractivity contribution in [2.24, 2.45) is 0 Å². The van der Waals surface area contributed by atoms with Crippen LogP contribution in [0.1, 0.15) is 34.4 Å². The molecule has 4 aromatic rings. The molecule has 5 rings (SSSR count). The third-order valence-electron chi connectivity index (χ3n) is 5.36. The molecule has 0 spiro atoms. The second-order valence-corrected chi connectivity index (χ2v) is 7.60. The van der Waals surface area contributed by atoms with Gasteiger partial charge in [-0.1, -0.05) is 6.07 Å². The van der Waals surface area contributed by atoms with Crippen LogP contribution in [0.15, 0.2) is 42.6 Å². The number of morpholine rings is 1. The number of nitrogens with zero attached hydrogens (tertiary/aromatic N) is 6. The Labute approximate surface area is 173 Å². The van der Waals surface area contributed by atoms with Crippen molar-refractivity contribution in [1.82, 2.24) is 29.7 Å². The monoisotopic (exact) mass is 402 g/mol. The second-order valence-electron chi connectivity index (χ2n) is 7.60. The number of Topliss-reactive ketones (excluding diaryl/α,β-unsaturated/α-hetero) is 1. The molecule has 8 heteroatoms. The number of benzene rings is 1. The fraction of sp³-hybridized carbons (Fsp3) is 0.318. The van der Waals surface area contributed by atoms with Crippen LogP contribution in [0.2, 0.25) is 0 Å². The zero-order valence-electron chi connectivity index (χ0n) is 16.8. The van der Waals surface area contributed by atoms with Crippen LogP contribution in [-0.4, -0.2) is 61.8 Å². The van der Waals surface area contributed by atoms with Crippen molar-refractivity contribution in [2.75, 3.05) is 26.3 Å². The molecule has 0 amide bonds. The van der Waals surface area contributed by atoms with E-state index in [0.29, 0.717) is 23.6 Å². The van der Waals surface area contributed by atoms with E-state index in [4.69, 9.17) is 4.74 Å². The van der Waals surface area contributed by atoms with Gasteiger partial charge >= 0.3 is 0 Å². The second kappa shape index (κ2) is 7.89. The number of carbonyl (C=O) groups is 1. The van der Waals surface area contributed by atoms with Gasteiger partial charge in [0.25, 0.3) is 0 Å². The van der Waals surface area contributed by atoms with Gasteiger partial charge in [0.2, 0.25) is 0 Å². The van der Waals surface area contributed by atoms with Crippen LogP contribution in [0.4, 0.5) is 0 Å². The highest BCUT2D eigenvalue weighted by Crippen LogP contribution is 2.19. The SMILES string of the molecule is CC(=O)c1ccc2nnc(Cc3ccc4ncc(CN5CCOCC5)cc4c3)n2n1. The average Bonchev–Trinajstić information content (AvgIpc) is 3.16. The lowest BCUT2D eigenvalue weighted by atomic mass is 10.1. The lowest BCUT2D eigenvalue weighted by Crippen LogP contribution is -2.35. The van der Waals surface area contributed by atoms with Crippen molar-refractivity contribution in [2.45, 2.75) is 19.9 Å². The van der Waals surface area contributed by atoms with Gasteiger partial charge in [-0.15, -0.1) is 10.2 Å². The molecule has 0 unspecified atom stereocenters. The summed E-state index contributed by atoms with van der Waals surface area (Å²) in [7, 11) is 0. The number of pyridine rings is 1. The third-order valence-corrected chi connectivity index (χ3v) is 5.36. The van der Waals surface area contributed by atoms with E-state index in [0.717, 1.165) is 49.3 Å². The Hall–Kier alpha value is -3.23. The van der Waals surface area contributed by atoms with Gasteiger partial charge in [0, 0.05) is 44.6 Å². The lowest BCUT2D eigenvalue weighted by Gasteiger charge is -2.26. The van der Waals surface area contributed by atoms with Crippen LogP contribution < -0.4 is 0 Å². The molecule has 1 aromatic carbocycles. The summed E-state index contributed by atoms with van der Waals surface area (Å²) in [6.45, 7) is 5.86. The smallest absolute Gasteiger partial charge is 0.179 e. The minimum absolute atomic E-state index is 0.0823. The Morgan fingerprint density at radius 3 is 2.73 bits per heavy atom. The normalized spacial score (nSPS) is 15.1. The summed E-state index contributed by atoms with van der Waals surface area (Å²) in [5, 5.41) is 13.9.